The van der Waals surface area contributed by atoms with Gasteiger partial charge in [0.25, 0.3) is 0 Å². The largest absolute Gasteiger partial charge is 0.355 e. The standard InChI is InChI=1S/C23H24N2OS/c1-18-12-13-23(25-16-18)27-17-22(26)24-15-14-21(19-8-4-2-5-9-19)20-10-6-3-7-11-20/h2-13,16,21H,14-15,17H2,1H3,(H,24,26). The zero-order chi connectivity index (χ0) is 18.9. The van der Waals surface area contributed by atoms with Crippen LogP contribution in [-0.4, -0.2) is 23.2 Å². The number of rotatable bonds is 8. The van der Waals surface area contributed by atoms with Crippen molar-refractivity contribution in [1.29, 1.82) is 0 Å². The molecule has 0 fully saturated rings. The minimum Gasteiger partial charge on any atom is -0.355 e. The normalized spacial score (nSPS) is 10.7. The highest BCUT2D eigenvalue weighted by atomic mass is 32.2. The van der Waals surface area contributed by atoms with E-state index in [-0.39, 0.29) is 11.8 Å². The molecule has 0 radical (unpaired) electrons. The van der Waals surface area contributed by atoms with E-state index in [9.17, 15) is 4.79 Å². The van der Waals surface area contributed by atoms with Gasteiger partial charge in [-0.1, -0.05) is 78.5 Å². The molecule has 0 unspecified atom stereocenters. The minimum absolute atomic E-state index is 0.0437. The number of hydrogen-bond acceptors (Lipinski definition) is 3. The molecule has 1 amide bonds. The highest BCUT2D eigenvalue weighted by molar-refractivity contribution is 7.99. The van der Waals surface area contributed by atoms with Gasteiger partial charge in [-0.05, 0) is 36.1 Å². The van der Waals surface area contributed by atoms with Crippen LogP contribution in [0.15, 0.2) is 84.0 Å². The van der Waals surface area contributed by atoms with Crippen molar-refractivity contribution in [2.24, 2.45) is 0 Å². The van der Waals surface area contributed by atoms with Crippen molar-refractivity contribution in [2.45, 2.75) is 24.3 Å². The molecular formula is C23H24N2OS. The molecule has 27 heavy (non-hydrogen) atoms. The molecule has 0 aliphatic carbocycles. The van der Waals surface area contributed by atoms with E-state index >= 15 is 0 Å². The predicted molar refractivity (Wildman–Crippen MR) is 112 cm³/mol. The maximum atomic E-state index is 12.2. The lowest BCUT2D eigenvalue weighted by molar-refractivity contribution is -0.118. The Balaban J connectivity index is 1.53. The maximum Gasteiger partial charge on any atom is 0.230 e. The quantitative estimate of drug-likeness (QED) is 0.573. The number of nitrogens with zero attached hydrogens (tertiary/aromatic N) is 1. The first-order valence-electron chi connectivity index (χ1n) is 9.14. The maximum absolute atomic E-state index is 12.2. The van der Waals surface area contributed by atoms with E-state index < -0.39 is 0 Å². The smallest absolute Gasteiger partial charge is 0.230 e. The fraction of sp³-hybridized carbons (Fsp3) is 0.217. The van der Waals surface area contributed by atoms with Gasteiger partial charge in [0.15, 0.2) is 0 Å². The van der Waals surface area contributed by atoms with E-state index in [4.69, 9.17) is 0 Å². The monoisotopic (exact) mass is 376 g/mol. The van der Waals surface area contributed by atoms with Crippen LogP contribution in [0.2, 0.25) is 0 Å². The highest BCUT2D eigenvalue weighted by Crippen LogP contribution is 2.27. The molecule has 0 spiro atoms. The summed E-state index contributed by atoms with van der Waals surface area (Å²) < 4.78 is 0. The van der Waals surface area contributed by atoms with Crippen LogP contribution in [0.4, 0.5) is 0 Å². The average Bonchev–Trinajstić information content (AvgIpc) is 2.72. The van der Waals surface area contributed by atoms with Crippen LogP contribution in [-0.2, 0) is 4.79 Å². The third-order valence-corrected chi connectivity index (χ3v) is 5.34. The van der Waals surface area contributed by atoms with E-state index in [1.54, 1.807) is 0 Å². The van der Waals surface area contributed by atoms with E-state index in [0.29, 0.717) is 12.3 Å². The summed E-state index contributed by atoms with van der Waals surface area (Å²) in [6.45, 7) is 2.65. The average molecular weight is 377 g/mol. The SMILES string of the molecule is Cc1ccc(SCC(=O)NCCC(c2ccccc2)c2ccccc2)nc1. The molecular weight excluding hydrogens is 352 g/mol. The van der Waals surface area contributed by atoms with Gasteiger partial charge in [0.1, 0.15) is 0 Å². The van der Waals surface area contributed by atoms with Gasteiger partial charge in [0.05, 0.1) is 10.8 Å². The van der Waals surface area contributed by atoms with Crippen LogP contribution >= 0.6 is 11.8 Å². The topological polar surface area (TPSA) is 42.0 Å². The zero-order valence-electron chi connectivity index (χ0n) is 15.5. The van der Waals surface area contributed by atoms with Crippen LogP contribution in [0.25, 0.3) is 0 Å². The van der Waals surface area contributed by atoms with Crippen molar-refractivity contribution in [3.8, 4) is 0 Å². The summed E-state index contributed by atoms with van der Waals surface area (Å²) in [6, 6.07) is 24.9. The predicted octanol–water partition coefficient (Wildman–Crippen LogP) is 4.82. The molecule has 2 aromatic carbocycles. The molecule has 0 bridgehead atoms. The molecule has 1 heterocycles. The van der Waals surface area contributed by atoms with Gasteiger partial charge in [0.2, 0.25) is 5.91 Å². The van der Waals surface area contributed by atoms with Crippen LogP contribution in [0.1, 0.15) is 29.0 Å². The summed E-state index contributed by atoms with van der Waals surface area (Å²) in [7, 11) is 0. The number of carbonyl (C=O) groups is 1. The van der Waals surface area contributed by atoms with Crippen LogP contribution < -0.4 is 5.32 Å². The lowest BCUT2D eigenvalue weighted by Gasteiger charge is -2.18. The van der Waals surface area contributed by atoms with Gasteiger partial charge in [-0.15, -0.1) is 0 Å². The Morgan fingerprint density at radius 2 is 1.59 bits per heavy atom. The molecule has 4 heteroatoms. The molecule has 0 aliphatic heterocycles. The van der Waals surface area contributed by atoms with Crippen molar-refractivity contribution in [1.82, 2.24) is 10.3 Å². The first-order chi connectivity index (χ1) is 13.2. The van der Waals surface area contributed by atoms with Gasteiger partial charge in [-0.3, -0.25) is 4.79 Å². The Labute approximate surface area is 165 Å². The first-order valence-corrected chi connectivity index (χ1v) is 10.1. The summed E-state index contributed by atoms with van der Waals surface area (Å²) in [5.41, 5.74) is 3.67. The fourth-order valence-corrected chi connectivity index (χ4v) is 3.66. The van der Waals surface area contributed by atoms with Crippen molar-refractivity contribution >= 4 is 17.7 Å². The summed E-state index contributed by atoms with van der Waals surface area (Å²) in [5.74, 6) is 0.707. The summed E-state index contributed by atoms with van der Waals surface area (Å²) >= 11 is 1.47. The third kappa shape index (κ3) is 5.97. The van der Waals surface area contributed by atoms with E-state index in [1.165, 1.54) is 22.9 Å². The minimum atomic E-state index is 0.0437. The Hall–Kier alpha value is -2.59. The number of hydrogen-bond donors (Lipinski definition) is 1. The summed E-state index contributed by atoms with van der Waals surface area (Å²) in [6.07, 6.45) is 2.69. The molecule has 0 aliphatic rings. The first kappa shape index (κ1) is 19.2. The highest BCUT2D eigenvalue weighted by Gasteiger charge is 2.14. The van der Waals surface area contributed by atoms with Crippen molar-refractivity contribution < 1.29 is 4.79 Å². The second kappa shape index (κ2) is 9.93. The second-order valence-electron chi connectivity index (χ2n) is 6.48. The van der Waals surface area contributed by atoms with E-state index in [2.05, 4.69) is 58.8 Å². The van der Waals surface area contributed by atoms with Gasteiger partial charge in [0, 0.05) is 18.7 Å². The van der Waals surface area contributed by atoms with Crippen LogP contribution in [0, 0.1) is 6.92 Å². The summed E-state index contributed by atoms with van der Waals surface area (Å²) in [4.78, 5) is 16.5. The third-order valence-electron chi connectivity index (χ3n) is 4.39. The van der Waals surface area contributed by atoms with E-state index in [0.717, 1.165) is 17.0 Å². The van der Waals surface area contributed by atoms with Crippen molar-refractivity contribution in [3.63, 3.8) is 0 Å². The Kier molecular flexibility index (Phi) is 7.05. The van der Waals surface area contributed by atoms with Crippen molar-refractivity contribution in [3.05, 3.63) is 95.7 Å². The number of aromatic nitrogens is 1. The number of pyridine rings is 1. The van der Waals surface area contributed by atoms with Gasteiger partial charge in [-0.2, -0.15) is 0 Å². The van der Waals surface area contributed by atoms with Gasteiger partial charge in [-0.25, -0.2) is 4.98 Å². The molecule has 3 rings (SSSR count). The molecule has 3 nitrogen and oxygen atoms in total. The number of thioether (sulfide) groups is 1. The van der Waals surface area contributed by atoms with Crippen LogP contribution in [0.3, 0.4) is 0 Å². The number of nitrogens with one attached hydrogen (secondary N) is 1. The Morgan fingerprint density at radius 1 is 0.963 bits per heavy atom. The molecule has 1 aromatic heterocycles. The summed E-state index contributed by atoms with van der Waals surface area (Å²) in [5, 5.41) is 3.92. The second-order valence-corrected chi connectivity index (χ2v) is 7.47. The number of benzene rings is 2. The van der Waals surface area contributed by atoms with Crippen LogP contribution in [0.5, 0.6) is 0 Å². The lowest BCUT2D eigenvalue weighted by Crippen LogP contribution is -2.27. The molecule has 0 atom stereocenters. The number of carbonyl (C=O) groups excluding carboxylic acids is 1. The molecule has 138 valence electrons. The number of amides is 1. The molecule has 3 aromatic rings. The fourth-order valence-electron chi connectivity index (χ4n) is 2.98. The number of aryl methyl sites for hydroxylation is 1. The Morgan fingerprint density at radius 3 is 2.15 bits per heavy atom. The molecule has 0 saturated heterocycles. The molecule has 1 N–H and O–H groups in total. The zero-order valence-corrected chi connectivity index (χ0v) is 16.3. The van der Waals surface area contributed by atoms with Crippen molar-refractivity contribution in [2.75, 3.05) is 12.3 Å². The van der Waals surface area contributed by atoms with Gasteiger partial charge >= 0.3 is 0 Å². The van der Waals surface area contributed by atoms with Gasteiger partial charge < -0.3 is 5.32 Å². The molecule has 0 saturated carbocycles. The van der Waals surface area contributed by atoms with E-state index in [1.807, 2.05) is 37.4 Å². The lowest BCUT2D eigenvalue weighted by atomic mass is 9.88. The Bertz CT molecular complexity index is 796.